The first-order chi connectivity index (χ1) is 6.65. The molecule has 0 saturated carbocycles. The molecule has 0 spiro atoms. The van der Waals surface area contributed by atoms with E-state index in [1.54, 1.807) is 0 Å². The van der Waals surface area contributed by atoms with Crippen molar-refractivity contribution >= 4 is 27.7 Å². The van der Waals surface area contributed by atoms with Crippen molar-refractivity contribution in [2.45, 2.75) is 23.8 Å². The Hall–Kier alpha value is -0.0600. The number of aliphatic hydroxyl groups is 1. The zero-order valence-electron chi connectivity index (χ0n) is 7.68. The number of thioether (sulfide) groups is 1. The van der Waals surface area contributed by atoms with Gasteiger partial charge in [0.15, 0.2) is 0 Å². The van der Waals surface area contributed by atoms with E-state index in [9.17, 15) is 9.50 Å². The van der Waals surface area contributed by atoms with Crippen LogP contribution in [0.1, 0.15) is 23.7 Å². The Morgan fingerprint density at radius 2 is 2.36 bits per heavy atom. The molecule has 0 radical (unpaired) electrons. The molecular weight excluding hydrogens is 267 g/mol. The second kappa shape index (κ2) is 3.83. The van der Waals surface area contributed by atoms with Crippen molar-refractivity contribution in [3.63, 3.8) is 0 Å². The summed E-state index contributed by atoms with van der Waals surface area (Å²) in [4.78, 5) is 0.591. The second-order valence-corrected chi connectivity index (χ2v) is 4.99. The van der Waals surface area contributed by atoms with E-state index in [-0.39, 0.29) is 5.82 Å². The monoisotopic (exact) mass is 276 g/mol. The van der Waals surface area contributed by atoms with Gasteiger partial charge in [-0.3, -0.25) is 0 Å². The second-order valence-electron chi connectivity index (χ2n) is 3.32. The minimum atomic E-state index is -0.501. The lowest BCUT2D eigenvalue weighted by atomic mass is 10.1. The lowest BCUT2D eigenvalue weighted by Gasteiger charge is -2.11. The van der Waals surface area contributed by atoms with Gasteiger partial charge in [0.2, 0.25) is 0 Å². The molecule has 1 N–H and O–H groups in total. The molecule has 0 fully saturated rings. The molecule has 1 aliphatic carbocycles. The summed E-state index contributed by atoms with van der Waals surface area (Å²) >= 11 is 4.69. The third-order valence-corrected chi connectivity index (χ3v) is 4.06. The Balaban J connectivity index is 2.68. The Morgan fingerprint density at radius 3 is 3.00 bits per heavy atom. The van der Waals surface area contributed by atoms with Crippen LogP contribution >= 0.6 is 27.7 Å². The standard InChI is InChI=1S/C10H10BrFOS/c1-14-10-7(12)4-6(11)5-2-3-8(13)9(5)10/h4,8,13H,2-3H2,1H3. The van der Waals surface area contributed by atoms with Gasteiger partial charge in [0.1, 0.15) is 5.82 Å². The third-order valence-electron chi connectivity index (χ3n) is 2.53. The van der Waals surface area contributed by atoms with Crippen molar-refractivity contribution in [2.75, 3.05) is 6.26 Å². The molecule has 1 atom stereocenters. The van der Waals surface area contributed by atoms with Crippen LogP contribution in [0.5, 0.6) is 0 Å². The summed E-state index contributed by atoms with van der Waals surface area (Å²) in [6.45, 7) is 0. The summed E-state index contributed by atoms with van der Waals surface area (Å²) in [5.41, 5.74) is 1.84. The maximum absolute atomic E-state index is 13.5. The summed E-state index contributed by atoms with van der Waals surface area (Å²) in [5.74, 6) is -0.246. The molecule has 1 unspecified atom stereocenters. The molecule has 14 heavy (non-hydrogen) atoms. The highest BCUT2D eigenvalue weighted by molar-refractivity contribution is 9.10. The van der Waals surface area contributed by atoms with Crippen LogP contribution in [0.4, 0.5) is 4.39 Å². The van der Waals surface area contributed by atoms with Crippen LogP contribution in [-0.4, -0.2) is 11.4 Å². The van der Waals surface area contributed by atoms with Crippen molar-refractivity contribution in [2.24, 2.45) is 0 Å². The quantitative estimate of drug-likeness (QED) is 0.795. The van der Waals surface area contributed by atoms with E-state index < -0.39 is 6.10 Å². The Bertz CT molecular complexity index is 381. The summed E-state index contributed by atoms with van der Waals surface area (Å²) in [7, 11) is 0. The van der Waals surface area contributed by atoms with Gasteiger partial charge >= 0.3 is 0 Å². The predicted octanol–water partition coefficient (Wildman–Crippen LogP) is 3.29. The van der Waals surface area contributed by atoms with Gasteiger partial charge in [-0.1, -0.05) is 15.9 Å². The summed E-state index contributed by atoms with van der Waals surface area (Å²) in [6, 6.07) is 1.49. The van der Waals surface area contributed by atoms with E-state index in [2.05, 4.69) is 15.9 Å². The molecule has 0 amide bonds. The van der Waals surface area contributed by atoms with Crippen molar-refractivity contribution in [1.82, 2.24) is 0 Å². The molecule has 0 aromatic heterocycles. The SMILES string of the molecule is CSc1c(F)cc(Br)c2c1C(O)CC2. The minimum absolute atomic E-state index is 0.246. The summed E-state index contributed by atoms with van der Waals surface area (Å²) in [5, 5.41) is 9.74. The van der Waals surface area contributed by atoms with Gasteiger partial charge in [0, 0.05) is 14.9 Å². The van der Waals surface area contributed by atoms with Crippen LogP contribution in [0.25, 0.3) is 0 Å². The van der Waals surface area contributed by atoms with Gasteiger partial charge in [-0.25, -0.2) is 4.39 Å². The summed E-state index contributed by atoms with van der Waals surface area (Å²) < 4.78 is 14.3. The number of halogens is 2. The number of hydrogen-bond acceptors (Lipinski definition) is 2. The van der Waals surface area contributed by atoms with Crippen LogP contribution in [0, 0.1) is 5.82 Å². The maximum atomic E-state index is 13.5. The summed E-state index contributed by atoms with van der Waals surface area (Å²) in [6.07, 6.45) is 2.85. The average molecular weight is 277 g/mol. The van der Waals surface area contributed by atoms with Gasteiger partial charge in [-0.05, 0) is 30.7 Å². The molecule has 0 aliphatic heterocycles. The molecule has 1 nitrogen and oxygen atoms in total. The molecule has 1 aromatic carbocycles. The number of aliphatic hydroxyl groups excluding tert-OH is 1. The van der Waals surface area contributed by atoms with Crippen LogP contribution < -0.4 is 0 Å². The van der Waals surface area contributed by atoms with E-state index in [1.807, 2.05) is 6.26 Å². The molecule has 0 bridgehead atoms. The van der Waals surface area contributed by atoms with Gasteiger partial charge in [-0.2, -0.15) is 0 Å². The van der Waals surface area contributed by atoms with E-state index in [0.29, 0.717) is 11.3 Å². The highest BCUT2D eigenvalue weighted by Crippen LogP contribution is 2.42. The van der Waals surface area contributed by atoms with E-state index in [1.165, 1.54) is 17.8 Å². The molecule has 76 valence electrons. The van der Waals surface area contributed by atoms with Crippen molar-refractivity contribution in [3.8, 4) is 0 Å². The van der Waals surface area contributed by atoms with Crippen LogP contribution in [0.3, 0.4) is 0 Å². The Labute approximate surface area is 94.8 Å². The Kier molecular flexibility index (Phi) is 2.86. The molecule has 0 saturated heterocycles. The molecule has 1 aliphatic rings. The fourth-order valence-electron chi connectivity index (χ4n) is 1.90. The smallest absolute Gasteiger partial charge is 0.138 e. The van der Waals surface area contributed by atoms with Crippen LogP contribution in [0.15, 0.2) is 15.4 Å². The first-order valence-electron chi connectivity index (χ1n) is 4.38. The van der Waals surface area contributed by atoms with Gasteiger partial charge in [0.05, 0.1) is 6.10 Å². The Morgan fingerprint density at radius 1 is 1.64 bits per heavy atom. The number of rotatable bonds is 1. The number of benzene rings is 1. The van der Waals surface area contributed by atoms with E-state index in [0.717, 1.165) is 22.0 Å². The highest BCUT2D eigenvalue weighted by atomic mass is 79.9. The number of fused-ring (bicyclic) bond motifs is 1. The molecular formula is C10H10BrFOS. The van der Waals surface area contributed by atoms with Gasteiger partial charge in [0.25, 0.3) is 0 Å². The van der Waals surface area contributed by atoms with Crippen LogP contribution in [0.2, 0.25) is 0 Å². The first-order valence-corrected chi connectivity index (χ1v) is 6.39. The maximum Gasteiger partial charge on any atom is 0.138 e. The zero-order valence-corrected chi connectivity index (χ0v) is 10.1. The molecule has 2 rings (SSSR count). The van der Waals surface area contributed by atoms with Crippen molar-refractivity contribution < 1.29 is 9.50 Å². The molecule has 0 heterocycles. The number of hydrogen-bond donors (Lipinski definition) is 1. The fourth-order valence-corrected chi connectivity index (χ4v) is 3.24. The first kappa shape index (κ1) is 10.5. The highest BCUT2D eigenvalue weighted by Gasteiger charge is 2.27. The largest absolute Gasteiger partial charge is 0.388 e. The topological polar surface area (TPSA) is 20.2 Å². The third kappa shape index (κ3) is 1.49. The predicted molar refractivity (Wildman–Crippen MR) is 59.2 cm³/mol. The lowest BCUT2D eigenvalue weighted by molar-refractivity contribution is 0.177. The fraction of sp³-hybridized carbons (Fsp3) is 0.400. The van der Waals surface area contributed by atoms with Crippen molar-refractivity contribution in [3.05, 3.63) is 27.5 Å². The van der Waals surface area contributed by atoms with Crippen LogP contribution in [-0.2, 0) is 6.42 Å². The minimum Gasteiger partial charge on any atom is -0.388 e. The van der Waals surface area contributed by atoms with Gasteiger partial charge in [-0.15, -0.1) is 11.8 Å². The normalized spacial score (nSPS) is 19.9. The molecule has 4 heteroatoms. The molecule has 1 aromatic rings. The van der Waals surface area contributed by atoms with Crippen molar-refractivity contribution in [1.29, 1.82) is 0 Å². The van der Waals surface area contributed by atoms with E-state index in [4.69, 9.17) is 0 Å². The average Bonchev–Trinajstić information content (AvgIpc) is 2.50. The van der Waals surface area contributed by atoms with Gasteiger partial charge < -0.3 is 5.11 Å². The lowest BCUT2D eigenvalue weighted by Crippen LogP contribution is -1.97. The zero-order chi connectivity index (χ0) is 10.3. The van der Waals surface area contributed by atoms with E-state index >= 15 is 0 Å².